The second-order valence-electron chi connectivity index (χ2n) is 6.32. The fourth-order valence-electron chi connectivity index (χ4n) is 3.14. The molecule has 8 heteroatoms. The summed E-state index contributed by atoms with van der Waals surface area (Å²) in [5.41, 5.74) is 1.99. The summed E-state index contributed by atoms with van der Waals surface area (Å²) in [6.07, 6.45) is 1.78. The second-order valence-corrected chi connectivity index (χ2v) is 7.72. The number of anilines is 1. The molecular formula is C19H20ClN5OS. The first-order valence-corrected chi connectivity index (χ1v) is 9.97. The molecule has 0 saturated carbocycles. The molecule has 1 fully saturated rings. The van der Waals surface area contributed by atoms with Gasteiger partial charge < -0.3 is 9.64 Å². The number of piperazine rings is 1. The van der Waals surface area contributed by atoms with Crippen molar-refractivity contribution in [1.29, 1.82) is 0 Å². The molecule has 4 rings (SSSR count). The van der Waals surface area contributed by atoms with E-state index in [-0.39, 0.29) is 0 Å². The number of hydrogen-bond donors (Lipinski definition) is 0. The van der Waals surface area contributed by atoms with Gasteiger partial charge in [-0.25, -0.2) is 0 Å². The van der Waals surface area contributed by atoms with Crippen molar-refractivity contribution in [3.63, 3.8) is 0 Å². The predicted octanol–water partition coefficient (Wildman–Crippen LogP) is 3.58. The minimum absolute atomic E-state index is 0.736. The number of benzene rings is 1. The first-order valence-electron chi connectivity index (χ1n) is 8.77. The van der Waals surface area contributed by atoms with Gasteiger partial charge in [0.1, 0.15) is 11.4 Å². The highest BCUT2D eigenvalue weighted by atomic mass is 35.5. The molecule has 2 aromatic heterocycles. The van der Waals surface area contributed by atoms with Crippen molar-refractivity contribution in [2.24, 2.45) is 0 Å². The molecule has 0 spiro atoms. The molecule has 0 N–H and O–H groups in total. The maximum absolute atomic E-state index is 6.15. The Morgan fingerprint density at radius 2 is 1.96 bits per heavy atom. The molecule has 1 aliphatic heterocycles. The molecule has 1 aromatic carbocycles. The zero-order valence-electron chi connectivity index (χ0n) is 15.0. The Balaban J connectivity index is 1.38. The van der Waals surface area contributed by atoms with Gasteiger partial charge in [0.15, 0.2) is 5.01 Å². The van der Waals surface area contributed by atoms with E-state index in [0.717, 1.165) is 64.9 Å². The highest BCUT2D eigenvalue weighted by molar-refractivity contribution is 7.18. The molecule has 6 nitrogen and oxygen atoms in total. The van der Waals surface area contributed by atoms with E-state index < -0.39 is 0 Å². The molecule has 3 aromatic rings. The topological polar surface area (TPSA) is 54.4 Å². The maximum Gasteiger partial charge on any atom is 0.208 e. The van der Waals surface area contributed by atoms with E-state index in [9.17, 15) is 0 Å². The van der Waals surface area contributed by atoms with Gasteiger partial charge in [0.2, 0.25) is 5.13 Å². The van der Waals surface area contributed by atoms with Crippen LogP contribution in [0.25, 0.3) is 10.7 Å². The number of hydrogen-bond acceptors (Lipinski definition) is 7. The highest BCUT2D eigenvalue weighted by Crippen LogP contribution is 2.29. The van der Waals surface area contributed by atoms with Crippen LogP contribution in [0.2, 0.25) is 5.02 Å². The highest BCUT2D eigenvalue weighted by Gasteiger charge is 2.21. The summed E-state index contributed by atoms with van der Waals surface area (Å²) in [4.78, 5) is 9.04. The lowest BCUT2D eigenvalue weighted by Crippen LogP contribution is -2.46. The Hall–Kier alpha value is -2.22. The van der Waals surface area contributed by atoms with Crippen molar-refractivity contribution in [2.45, 2.75) is 6.54 Å². The fraction of sp³-hybridized carbons (Fsp3) is 0.316. The first kappa shape index (κ1) is 18.2. The minimum Gasteiger partial charge on any atom is -0.496 e. The molecule has 0 radical (unpaired) electrons. The Kier molecular flexibility index (Phi) is 5.52. The lowest BCUT2D eigenvalue weighted by molar-refractivity contribution is 0.246. The van der Waals surface area contributed by atoms with Crippen molar-refractivity contribution < 1.29 is 4.74 Å². The number of pyridine rings is 1. The van der Waals surface area contributed by atoms with Crippen LogP contribution in [0.4, 0.5) is 5.13 Å². The Labute approximate surface area is 167 Å². The van der Waals surface area contributed by atoms with Crippen LogP contribution in [-0.4, -0.2) is 53.4 Å². The number of rotatable bonds is 5. The van der Waals surface area contributed by atoms with Crippen LogP contribution < -0.4 is 9.64 Å². The molecule has 0 aliphatic carbocycles. The van der Waals surface area contributed by atoms with Gasteiger partial charge in [-0.2, -0.15) is 0 Å². The molecule has 27 heavy (non-hydrogen) atoms. The summed E-state index contributed by atoms with van der Waals surface area (Å²) in [7, 11) is 1.69. The molecule has 0 atom stereocenters. The largest absolute Gasteiger partial charge is 0.496 e. The van der Waals surface area contributed by atoms with E-state index in [1.54, 1.807) is 24.6 Å². The van der Waals surface area contributed by atoms with Gasteiger partial charge in [0.25, 0.3) is 0 Å². The van der Waals surface area contributed by atoms with Crippen molar-refractivity contribution in [1.82, 2.24) is 20.1 Å². The van der Waals surface area contributed by atoms with Gasteiger partial charge in [-0.15, -0.1) is 10.2 Å². The maximum atomic E-state index is 6.15. The minimum atomic E-state index is 0.736. The third-order valence-corrected chi connectivity index (χ3v) is 5.82. The summed E-state index contributed by atoms with van der Waals surface area (Å²) in [5, 5.41) is 11.2. The van der Waals surface area contributed by atoms with Crippen LogP contribution >= 0.6 is 22.9 Å². The summed E-state index contributed by atoms with van der Waals surface area (Å²) in [5.74, 6) is 0.881. The fourth-order valence-corrected chi connectivity index (χ4v) is 4.21. The Bertz CT molecular complexity index is 896. The van der Waals surface area contributed by atoms with Crippen molar-refractivity contribution >= 4 is 28.1 Å². The van der Waals surface area contributed by atoms with Crippen molar-refractivity contribution in [2.75, 3.05) is 38.2 Å². The SMILES string of the molecule is COc1ccc(Cl)cc1CN1CCN(c2nnc(-c3ccccn3)s2)CC1. The van der Waals surface area contributed by atoms with E-state index in [0.29, 0.717) is 0 Å². The summed E-state index contributed by atoms with van der Waals surface area (Å²) in [6, 6.07) is 11.6. The molecule has 1 saturated heterocycles. The van der Waals surface area contributed by atoms with Gasteiger partial charge in [0.05, 0.1) is 7.11 Å². The quantitative estimate of drug-likeness (QED) is 0.651. The molecule has 3 heterocycles. The number of halogens is 1. The van der Waals surface area contributed by atoms with Crippen molar-refractivity contribution in [3.8, 4) is 16.5 Å². The van der Waals surface area contributed by atoms with Gasteiger partial charge in [-0.1, -0.05) is 29.0 Å². The third-order valence-electron chi connectivity index (χ3n) is 4.58. The average Bonchev–Trinajstić information content (AvgIpc) is 3.20. The van der Waals surface area contributed by atoms with Crippen LogP contribution in [0, 0.1) is 0 Å². The first-order chi connectivity index (χ1) is 13.2. The molecule has 0 unspecified atom stereocenters. The average molecular weight is 402 g/mol. The smallest absolute Gasteiger partial charge is 0.208 e. The molecule has 0 amide bonds. The summed E-state index contributed by atoms with van der Waals surface area (Å²) in [6.45, 7) is 4.56. The Morgan fingerprint density at radius 1 is 1.11 bits per heavy atom. The molecular weight excluding hydrogens is 382 g/mol. The Morgan fingerprint density at radius 3 is 2.70 bits per heavy atom. The number of nitrogens with zero attached hydrogens (tertiary/aromatic N) is 5. The lowest BCUT2D eigenvalue weighted by Gasteiger charge is -2.34. The van der Waals surface area contributed by atoms with E-state index in [1.807, 2.05) is 36.4 Å². The zero-order valence-corrected chi connectivity index (χ0v) is 16.6. The molecule has 0 bridgehead atoms. The second kappa shape index (κ2) is 8.21. The number of ether oxygens (including phenoxy) is 1. The van der Waals surface area contributed by atoms with Crippen LogP contribution in [0.5, 0.6) is 5.75 Å². The van der Waals surface area contributed by atoms with E-state index >= 15 is 0 Å². The van der Waals surface area contributed by atoms with Gasteiger partial charge in [0, 0.05) is 49.5 Å². The normalized spacial score (nSPS) is 15.1. The number of methoxy groups -OCH3 is 1. The van der Waals surface area contributed by atoms with Crippen LogP contribution in [-0.2, 0) is 6.54 Å². The van der Waals surface area contributed by atoms with Crippen LogP contribution in [0.1, 0.15) is 5.56 Å². The monoisotopic (exact) mass is 401 g/mol. The third kappa shape index (κ3) is 4.21. The van der Waals surface area contributed by atoms with Crippen molar-refractivity contribution in [3.05, 3.63) is 53.2 Å². The van der Waals surface area contributed by atoms with Gasteiger partial charge in [-0.05, 0) is 30.3 Å². The number of aromatic nitrogens is 3. The zero-order chi connectivity index (χ0) is 18.6. The lowest BCUT2D eigenvalue weighted by atomic mass is 10.1. The standard InChI is InChI=1S/C19H20ClN5OS/c1-26-17-6-5-15(20)12-14(17)13-24-8-10-25(11-9-24)19-23-22-18(27-19)16-4-2-3-7-21-16/h2-7,12H,8-11,13H2,1H3. The van der Waals surface area contributed by atoms with Gasteiger partial charge in [-0.3, -0.25) is 9.88 Å². The summed E-state index contributed by atoms with van der Waals surface area (Å²) < 4.78 is 5.46. The predicted molar refractivity (Wildman–Crippen MR) is 109 cm³/mol. The van der Waals surface area contributed by atoms with Crippen LogP contribution in [0.3, 0.4) is 0 Å². The molecule has 1 aliphatic rings. The van der Waals surface area contributed by atoms with Crippen LogP contribution in [0.15, 0.2) is 42.6 Å². The van der Waals surface area contributed by atoms with Gasteiger partial charge >= 0.3 is 0 Å². The van der Waals surface area contributed by atoms with E-state index in [1.165, 1.54) is 0 Å². The molecule has 140 valence electrons. The van der Waals surface area contributed by atoms with E-state index in [2.05, 4.69) is 25.0 Å². The summed E-state index contributed by atoms with van der Waals surface area (Å²) >= 11 is 7.74. The van der Waals surface area contributed by atoms with E-state index in [4.69, 9.17) is 16.3 Å².